The molecule has 0 bridgehead atoms. The summed E-state index contributed by atoms with van der Waals surface area (Å²) in [5.41, 5.74) is 1.84. The van der Waals surface area contributed by atoms with E-state index in [1.165, 1.54) is 0 Å². The van der Waals surface area contributed by atoms with Gasteiger partial charge in [-0.05, 0) is 25.0 Å². The van der Waals surface area contributed by atoms with Gasteiger partial charge in [0, 0.05) is 47.9 Å². The maximum Gasteiger partial charge on any atom is 0.404 e. The van der Waals surface area contributed by atoms with E-state index in [-0.39, 0.29) is 19.0 Å². The van der Waals surface area contributed by atoms with Crippen LogP contribution in [-0.2, 0) is 10.0 Å². The molecule has 0 amide bonds. The number of H-pyrrole nitrogens is 1. The highest BCUT2D eigenvalue weighted by Gasteiger charge is 2.40. The lowest BCUT2D eigenvalue weighted by Crippen LogP contribution is -2.43. The summed E-state index contributed by atoms with van der Waals surface area (Å²) in [7, 11) is -4.41. The van der Waals surface area contributed by atoms with Crippen LogP contribution in [0.25, 0.3) is 21.9 Å². The maximum absolute atomic E-state index is 12.6. The van der Waals surface area contributed by atoms with Crippen molar-refractivity contribution in [2.24, 2.45) is 0 Å². The van der Waals surface area contributed by atoms with Crippen molar-refractivity contribution in [3.8, 4) is 0 Å². The molecule has 1 saturated heterocycles. The van der Waals surface area contributed by atoms with E-state index in [1.807, 2.05) is 0 Å². The van der Waals surface area contributed by atoms with E-state index < -0.39 is 22.0 Å². The van der Waals surface area contributed by atoms with Gasteiger partial charge in [-0.15, -0.1) is 10.2 Å². The number of piperidine rings is 1. The lowest BCUT2D eigenvalue weighted by Gasteiger charge is -2.32. The van der Waals surface area contributed by atoms with Gasteiger partial charge in [0.25, 0.3) is 0 Å². The molecule has 4 rings (SSSR count). The second-order valence-corrected chi connectivity index (χ2v) is 8.57. The zero-order valence-corrected chi connectivity index (χ0v) is 14.9. The lowest BCUT2D eigenvalue weighted by molar-refractivity contribution is -0.107. The van der Waals surface area contributed by atoms with Crippen molar-refractivity contribution in [1.82, 2.24) is 24.5 Å². The summed E-state index contributed by atoms with van der Waals surface area (Å²) in [6.45, 7) is 0.0822. The zero-order chi connectivity index (χ0) is 19.2. The van der Waals surface area contributed by atoms with Crippen LogP contribution < -0.4 is 0 Å². The van der Waals surface area contributed by atoms with Crippen molar-refractivity contribution >= 4 is 32.0 Å². The minimum atomic E-state index is -4.76. The Morgan fingerprint density at radius 2 is 2.07 bits per heavy atom. The Labute approximate surface area is 152 Å². The summed E-state index contributed by atoms with van der Waals surface area (Å²) in [5, 5.41) is 9.74. The summed E-state index contributed by atoms with van der Waals surface area (Å²) in [4.78, 5) is 7.27. The number of nitrogens with zero attached hydrogens (tertiary/aromatic N) is 4. The van der Waals surface area contributed by atoms with Crippen molar-refractivity contribution in [3.63, 3.8) is 0 Å². The molecule has 3 aromatic rings. The molecule has 1 N–H and O–H groups in total. The first-order chi connectivity index (χ1) is 12.7. The van der Waals surface area contributed by atoms with Gasteiger partial charge in [0.05, 0.1) is 5.52 Å². The van der Waals surface area contributed by atoms with E-state index in [9.17, 15) is 21.6 Å². The summed E-state index contributed by atoms with van der Waals surface area (Å²) < 4.78 is 63.2. The van der Waals surface area contributed by atoms with Crippen LogP contribution in [-0.4, -0.2) is 57.9 Å². The highest BCUT2D eigenvalue weighted by atomic mass is 32.2. The molecule has 0 radical (unpaired) electrons. The molecule has 1 unspecified atom stereocenters. The van der Waals surface area contributed by atoms with Gasteiger partial charge in [-0.2, -0.15) is 13.2 Å². The number of aromatic nitrogens is 4. The number of hydrogen-bond acceptors (Lipinski definition) is 5. The number of nitrogens with one attached hydrogen (secondary N) is 1. The van der Waals surface area contributed by atoms with Crippen molar-refractivity contribution < 1.29 is 21.6 Å². The normalized spacial score (nSPS) is 19.7. The number of aromatic amines is 1. The molecule has 7 nitrogen and oxygen atoms in total. The number of rotatable bonds is 3. The van der Waals surface area contributed by atoms with Gasteiger partial charge in [-0.3, -0.25) is 0 Å². The third kappa shape index (κ3) is 3.48. The molecule has 27 heavy (non-hydrogen) atoms. The number of fused-ring (bicyclic) bond motifs is 3. The second kappa shape index (κ2) is 6.41. The molecule has 4 heterocycles. The van der Waals surface area contributed by atoms with Gasteiger partial charge in [0.2, 0.25) is 10.0 Å². The van der Waals surface area contributed by atoms with Crippen molar-refractivity contribution in [3.05, 3.63) is 30.2 Å². The quantitative estimate of drug-likeness (QED) is 0.731. The minimum absolute atomic E-state index is 0.00796. The van der Waals surface area contributed by atoms with Gasteiger partial charge >= 0.3 is 6.18 Å². The topological polar surface area (TPSA) is 91.8 Å². The largest absolute Gasteiger partial charge is 0.404 e. The summed E-state index contributed by atoms with van der Waals surface area (Å²) in [6.07, 6.45) is -0.340. The molecule has 0 aromatic carbocycles. The van der Waals surface area contributed by atoms with Crippen molar-refractivity contribution in [2.45, 2.75) is 24.9 Å². The van der Waals surface area contributed by atoms with E-state index in [0.717, 1.165) is 20.8 Å². The maximum atomic E-state index is 12.6. The van der Waals surface area contributed by atoms with E-state index in [4.69, 9.17) is 0 Å². The number of halogens is 3. The fourth-order valence-electron chi connectivity index (χ4n) is 3.62. The standard InChI is InChI=1S/C16H16F3N5O2S/c17-16(18,19)9-27(25,26)24-7-1-2-10(8-24)14-13-11-3-5-21-15(11)23-22-12(13)4-6-20-14/h3-6,10,20H,1-2,7-9H2. The molecule has 1 aliphatic rings. The van der Waals surface area contributed by atoms with Crippen molar-refractivity contribution in [1.29, 1.82) is 0 Å². The molecule has 0 saturated carbocycles. The predicted molar refractivity (Wildman–Crippen MR) is 92.6 cm³/mol. The highest BCUT2D eigenvalue weighted by Crippen LogP contribution is 2.34. The van der Waals surface area contributed by atoms with Crippen LogP contribution in [0, 0.1) is 0 Å². The Bertz CT molecular complexity index is 1100. The van der Waals surface area contributed by atoms with Crippen LogP contribution in [0.1, 0.15) is 24.5 Å². The van der Waals surface area contributed by atoms with Gasteiger partial charge < -0.3 is 4.98 Å². The van der Waals surface area contributed by atoms with Crippen LogP contribution >= 0.6 is 0 Å². The van der Waals surface area contributed by atoms with Crippen molar-refractivity contribution in [2.75, 3.05) is 18.8 Å². The highest BCUT2D eigenvalue weighted by molar-refractivity contribution is 7.89. The van der Waals surface area contributed by atoms with Gasteiger partial charge in [0.1, 0.15) is 0 Å². The third-order valence-electron chi connectivity index (χ3n) is 4.74. The predicted octanol–water partition coefficient (Wildman–Crippen LogP) is 2.58. The van der Waals surface area contributed by atoms with E-state index >= 15 is 0 Å². The average Bonchev–Trinajstić information content (AvgIpc) is 3.08. The fraction of sp³-hybridized carbons (Fsp3) is 0.438. The van der Waals surface area contributed by atoms with E-state index in [1.54, 1.807) is 24.5 Å². The fourth-order valence-corrected chi connectivity index (χ4v) is 5.03. The molecule has 1 atom stereocenters. The first-order valence-electron chi connectivity index (χ1n) is 8.37. The average molecular weight is 399 g/mol. The van der Waals surface area contributed by atoms with Crippen LogP contribution in [0.3, 0.4) is 0 Å². The molecular weight excluding hydrogens is 383 g/mol. The third-order valence-corrected chi connectivity index (χ3v) is 6.55. The van der Waals surface area contributed by atoms with Gasteiger partial charge in [-0.1, -0.05) is 0 Å². The number of sulfonamides is 1. The Kier molecular flexibility index (Phi) is 4.30. The Hall–Kier alpha value is -2.27. The van der Waals surface area contributed by atoms with Gasteiger partial charge in [-0.25, -0.2) is 17.7 Å². The monoisotopic (exact) mass is 399 g/mol. The number of pyridine rings is 1. The molecule has 1 fully saturated rings. The molecule has 144 valence electrons. The molecular formula is C16H16F3N5O2S. The van der Waals surface area contributed by atoms with Crippen LogP contribution in [0.4, 0.5) is 13.2 Å². The Morgan fingerprint density at radius 3 is 2.85 bits per heavy atom. The molecule has 0 spiro atoms. The lowest BCUT2D eigenvalue weighted by atomic mass is 9.92. The van der Waals surface area contributed by atoms with Gasteiger partial charge in [0.15, 0.2) is 11.4 Å². The summed E-state index contributed by atoms with van der Waals surface area (Å²) >= 11 is 0. The molecule has 11 heteroatoms. The van der Waals surface area contributed by atoms with Crippen LogP contribution in [0.15, 0.2) is 24.5 Å². The van der Waals surface area contributed by atoms with Crippen LogP contribution in [0.2, 0.25) is 0 Å². The SMILES string of the molecule is O=S(=O)(CC(F)(F)F)N1CCCC(c2[nH]ccc3nnc4nccc4c23)C1. The van der Waals surface area contributed by atoms with E-state index in [2.05, 4.69) is 20.2 Å². The smallest absolute Gasteiger partial charge is 0.364 e. The Morgan fingerprint density at radius 1 is 1.26 bits per heavy atom. The van der Waals surface area contributed by atoms with Crippen LogP contribution in [0.5, 0.6) is 0 Å². The molecule has 0 aliphatic carbocycles. The number of hydrogen-bond donors (Lipinski definition) is 1. The first kappa shape index (κ1) is 18.1. The summed E-state index contributed by atoms with van der Waals surface area (Å²) in [5.74, 6) is -2.11. The molecule has 3 aromatic heterocycles. The first-order valence-corrected chi connectivity index (χ1v) is 9.98. The Balaban J connectivity index is 1.73. The zero-order valence-electron chi connectivity index (χ0n) is 14.1. The number of alkyl halides is 3. The second-order valence-electron chi connectivity index (χ2n) is 6.60. The molecule has 1 aliphatic heterocycles. The summed E-state index contributed by atoms with van der Waals surface area (Å²) in [6, 6.07) is 3.55. The van der Waals surface area contributed by atoms with E-state index in [0.29, 0.717) is 24.0 Å². The minimum Gasteiger partial charge on any atom is -0.364 e.